The van der Waals surface area contributed by atoms with Crippen molar-refractivity contribution in [1.29, 1.82) is 0 Å². The Balaban J connectivity index is 1.98. The quantitative estimate of drug-likeness (QED) is 0.835. The van der Waals surface area contributed by atoms with E-state index < -0.39 is 0 Å². The lowest BCUT2D eigenvalue weighted by molar-refractivity contribution is -0.122. The first-order chi connectivity index (χ1) is 10.7. The van der Waals surface area contributed by atoms with Gasteiger partial charge in [-0.25, -0.2) is 0 Å². The van der Waals surface area contributed by atoms with Gasteiger partial charge < -0.3 is 11.1 Å². The molecule has 2 unspecified atom stereocenters. The van der Waals surface area contributed by atoms with Crippen LogP contribution in [0.25, 0.3) is 0 Å². The number of nitrogens with two attached hydrogens (primary N) is 1. The van der Waals surface area contributed by atoms with Gasteiger partial charge in [-0.3, -0.25) is 14.5 Å². The van der Waals surface area contributed by atoms with Crippen LogP contribution in [0.5, 0.6) is 0 Å². The van der Waals surface area contributed by atoms with Crippen LogP contribution in [0.3, 0.4) is 0 Å². The summed E-state index contributed by atoms with van der Waals surface area (Å²) in [4.78, 5) is 25.9. The summed E-state index contributed by atoms with van der Waals surface area (Å²) in [5, 5.41) is 2.92. The van der Waals surface area contributed by atoms with Crippen LogP contribution in [0.15, 0.2) is 24.3 Å². The van der Waals surface area contributed by atoms with E-state index in [1.165, 1.54) is 6.92 Å². The third-order valence-corrected chi connectivity index (χ3v) is 4.83. The number of amides is 1. The molecule has 1 aromatic carbocycles. The second-order valence-corrected chi connectivity index (χ2v) is 7.15. The number of benzene rings is 1. The second-order valence-electron chi connectivity index (χ2n) is 7.15. The minimum Gasteiger partial charge on any atom is -0.327 e. The molecule has 0 aliphatic carbocycles. The number of nitrogens with zero attached hydrogens (tertiary/aromatic N) is 1. The Labute approximate surface area is 138 Å². The highest BCUT2D eigenvalue weighted by Gasteiger charge is 2.36. The Kier molecular flexibility index (Phi) is 5.22. The molecule has 0 spiro atoms. The Morgan fingerprint density at radius 1 is 1.30 bits per heavy atom. The number of rotatable bonds is 4. The van der Waals surface area contributed by atoms with E-state index in [0.717, 1.165) is 19.5 Å². The van der Waals surface area contributed by atoms with Crippen molar-refractivity contribution in [3.63, 3.8) is 0 Å². The minimum atomic E-state index is -0.214. The van der Waals surface area contributed by atoms with Gasteiger partial charge in [0.2, 0.25) is 5.91 Å². The number of carbonyl (C=O) groups is 2. The smallest absolute Gasteiger partial charge is 0.241 e. The predicted molar refractivity (Wildman–Crippen MR) is 92.5 cm³/mol. The van der Waals surface area contributed by atoms with Gasteiger partial charge in [0.05, 0.1) is 6.04 Å². The van der Waals surface area contributed by atoms with Gasteiger partial charge in [-0.1, -0.05) is 13.8 Å². The second kappa shape index (κ2) is 6.81. The summed E-state index contributed by atoms with van der Waals surface area (Å²) in [6.45, 7) is 9.39. The van der Waals surface area contributed by atoms with E-state index in [2.05, 4.69) is 24.1 Å². The normalized spacial score (nSPS) is 22.4. The number of hydrogen-bond acceptors (Lipinski definition) is 4. The molecule has 5 nitrogen and oxygen atoms in total. The Hall–Kier alpha value is -1.72. The zero-order valence-electron chi connectivity index (χ0n) is 14.4. The molecule has 0 bridgehead atoms. The number of hydrogen-bond donors (Lipinski definition) is 2. The molecule has 126 valence electrons. The van der Waals surface area contributed by atoms with Crippen molar-refractivity contribution in [2.24, 2.45) is 11.1 Å². The van der Waals surface area contributed by atoms with E-state index in [0.29, 0.717) is 11.3 Å². The first kappa shape index (κ1) is 17.6. The van der Waals surface area contributed by atoms with Gasteiger partial charge in [-0.15, -0.1) is 0 Å². The highest BCUT2D eigenvalue weighted by molar-refractivity contribution is 5.96. The summed E-state index contributed by atoms with van der Waals surface area (Å²) in [6, 6.07) is 6.94. The Bertz CT molecular complexity index is 580. The van der Waals surface area contributed by atoms with Crippen LogP contribution in [0, 0.1) is 5.41 Å². The molecule has 1 aromatic rings. The van der Waals surface area contributed by atoms with Gasteiger partial charge in [0.25, 0.3) is 0 Å². The van der Waals surface area contributed by atoms with E-state index in [-0.39, 0.29) is 29.2 Å². The molecular formula is C18H27N3O2. The third-order valence-electron chi connectivity index (χ3n) is 4.83. The maximum atomic E-state index is 12.5. The van der Waals surface area contributed by atoms with E-state index in [1.54, 1.807) is 24.3 Å². The molecule has 1 saturated heterocycles. The third kappa shape index (κ3) is 4.18. The summed E-state index contributed by atoms with van der Waals surface area (Å²) < 4.78 is 0. The van der Waals surface area contributed by atoms with Crippen molar-refractivity contribution in [2.75, 3.05) is 18.4 Å². The molecule has 1 aliphatic rings. The van der Waals surface area contributed by atoms with Gasteiger partial charge in [0.1, 0.15) is 0 Å². The fraction of sp³-hybridized carbons (Fsp3) is 0.556. The fourth-order valence-electron chi connectivity index (χ4n) is 2.95. The van der Waals surface area contributed by atoms with Crippen molar-refractivity contribution >= 4 is 17.4 Å². The first-order valence-electron chi connectivity index (χ1n) is 8.12. The van der Waals surface area contributed by atoms with E-state index in [9.17, 15) is 9.59 Å². The largest absolute Gasteiger partial charge is 0.327 e. The average molecular weight is 317 g/mol. The summed E-state index contributed by atoms with van der Waals surface area (Å²) in [7, 11) is 0. The molecule has 23 heavy (non-hydrogen) atoms. The van der Waals surface area contributed by atoms with Crippen LogP contribution >= 0.6 is 0 Å². The number of likely N-dealkylation sites (tertiary alicyclic amines) is 1. The van der Waals surface area contributed by atoms with E-state index in [1.807, 2.05) is 6.92 Å². The van der Waals surface area contributed by atoms with Gasteiger partial charge in [0.15, 0.2) is 5.78 Å². The molecule has 0 aromatic heterocycles. The zero-order valence-corrected chi connectivity index (χ0v) is 14.4. The van der Waals surface area contributed by atoms with Crippen molar-refractivity contribution < 1.29 is 9.59 Å². The van der Waals surface area contributed by atoms with Crippen LogP contribution in [0.1, 0.15) is 44.5 Å². The molecule has 1 amide bonds. The highest BCUT2D eigenvalue weighted by Crippen LogP contribution is 2.29. The Morgan fingerprint density at radius 2 is 1.91 bits per heavy atom. The maximum absolute atomic E-state index is 12.5. The van der Waals surface area contributed by atoms with Crippen molar-refractivity contribution in [1.82, 2.24) is 4.90 Å². The number of anilines is 1. The topological polar surface area (TPSA) is 75.4 Å². The van der Waals surface area contributed by atoms with Gasteiger partial charge in [-0.05, 0) is 49.9 Å². The SMILES string of the molecule is CC(=O)c1ccc(NC(=O)C(C)N2CCC(N)C(C)(C)C2)cc1. The fourth-order valence-corrected chi connectivity index (χ4v) is 2.95. The molecule has 2 atom stereocenters. The highest BCUT2D eigenvalue weighted by atomic mass is 16.2. The minimum absolute atomic E-state index is 0.00985. The lowest BCUT2D eigenvalue weighted by atomic mass is 9.79. The number of carbonyl (C=O) groups excluding carboxylic acids is 2. The zero-order chi connectivity index (χ0) is 17.2. The molecule has 1 fully saturated rings. The van der Waals surface area contributed by atoms with Crippen molar-refractivity contribution in [3.05, 3.63) is 29.8 Å². The van der Waals surface area contributed by atoms with Crippen molar-refractivity contribution in [3.8, 4) is 0 Å². The summed E-state index contributed by atoms with van der Waals surface area (Å²) >= 11 is 0. The number of ketones is 1. The number of nitrogens with one attached hydrogen (secondary N) is 1. The van der Waals surface area contributed by atoms with Gasteiger partial charge in [0, 0.05) is 30.4 Å². The monoisotopic (exact) mass is 317 g/mol. The first-order valence-corrected chi connectivity index (χ1v) is 8.12. The van der Waals surface area contributed by atoms with Crippen LogP contribution in [0.2, 0.25) is 0 Å². The number of piperidine rings is 1. The molecule has 1 aliphatic heterocycles. The molecular weight excluding hydrogens is 290 g/mol. The molecule has 3 N–H and O–H groups in total. The standard InChI is InChI=1S/C18H27N3O2/c1-12(21-10-9-16(19)18(3,4)11-21)17(23)20-15-7-5-14(6-8-15)13(2)22/h5-8,12,16H,9-11,19H2,1-4H3,(H,20,23). The molecule has 0 radical (unpaired) electrons. The molecule has 1 heterocycles. The Morgan fingerprint density at radius 3 is 2.43 bits per heavy atom. The summed E-state index contributed by atoms with van der Waals surface area (Å²) in [5.74, 6) is -0.0185. The predicted octanol–water partition coefficient (Wildman–Crippen LogP) is 2.28. The van der Waals surface area contributed by atoms with Gasteiger partial charge >= 0.3 is 0 Å². The van der Waals surface area contributed by atoms with Crippen LogP contribution in [0.4, 0.5) is 5.69 Å². The summed E-state index contributed by atoms with van der Waals surface area (Å²) in [5.41, 5.74) is 7.52. The summed E-state index contributed by atoms with van der Waals surface area (Å²) in [6.07, 6.45) is 0.901. The molecule has 2 rings (SSSR count). The lowest BCUT2D eigenvalue weighted by Crippen LogP contribution is -2.56. The van der Waals surface area contributed by atoms with Crippen molar-refractivity contribution in [2.45, 2.75) is 46.2 Å². The molecule has 5 heteroatoms. The van der Waals surface area contributed by atoms with Gasteiger partial charge in [-0.2, -0.15) is 0 Å². The van der Waals surface area contributed by atoms with Crippen LogP contribution < -0.4 is 11.1 Å². The van der Waals surface area contributed by atoms with E-state index in [4.69, 9.17) is 5.73 Å². The van der Waals surface area contributed by atoms with Crippen LogP contribution in [-0.4, -0.2) is 41.8 Å². The maximum Gasteiger partial charge on any atom is 0.241 e. The van der Waals surface area contributed by atoms with E-state index >= 15 is 0 Å². The number of Topliss-reactive ketones (excluding diaryl/α,β-unsaturated/α-hetero) is 1. The lowest BCUT2D eigenvalue weighted by Gasteiger charge is -2.44. The van der Waals surface area contributed by atoms with Crippen LogP contribution in [-0.2, 0) is 4.79 Å². The molecule has 0 saturated carbocycles. The average Bonchev–Trinajstić information content (AvgIpc) is 2.49.